The number of hydrogen-bond acceptors (Lipinski definition) is 5. The summed E-state index contributed by atoms with van der Waals surface area (Å²) in [6.45, 7) is -2.56. The highest BCUT2D eigenvalue weighted by atomic mass is 35.5. The van der Waals surface area contributed by atoms with Crippen molar-refractivity contribution in [2.45, 2.75) is 43.5 Å². The molecule has 0 saturated carbocycles. The van der Waals surface area contributed by atoms with Gasteiger partial charge in [-0.1, -0.05) is 11.6 Å². The van der Waals surface area contributed by atoms with Crippen LogP contribution in [0.15, 0.2) is 18.2 Å². The highest BCUT2D eigenvalue weighted by Crippen LogP contribution is 2.48. The van der Waals surface area contributed by atoms with E-state index in [0.29, 0.717) is 0 Å². The average molecular weight is 487 g/mol. The zero-order chi connectivity index (χ0) is 24.0. The van der Waals surface area contributed by atoms with Gasteiger partial charge in [-0.25, -0.2) is 8.78 Å². The first-order valence-corrected chi connectivity index (χ1v) is 8.65. The Hall–Kier alpha value is -2.31. The number of carbonyl (C=O) groups is 2. The molecule has 5 nitrogen and oxygen atoms in total. The fraction of sp³-hybridized carbons (Fsp3) is 0.529. The van der Waals surface area contributed by atoms with E-state index in [1.54, 1.807) is 0 Å². The minimum atomic E-state index is -6.48. The molecule has 0 aliphatic rings. The van der Waals surface area contributed by atoms with Crippen molar-refractivity contribution in [1.29, 1.82) is 0 Å². The molecule has 0 bridgehead atoms. The zero-order valence-corrected chi connectivity index (χ0v) is 16.3. The highest BCUT2D eigenvalue weighted by molar-refractivity contribution is 6.30. The Kier molecular flexibility index (Phi) is 8.91. The van der Waals surface area contributed by atoms with E-state index in [-0.39, 0.29) is 22.9 Å². The number of benzene rings is 1. The summed E-state index contributed by atoms with van der Waals surface area (Å²) in [5.74, 6) is -20.9. The average Bonchev–Trinajstić information content (AvgIpc) is 2.67. The van der Waals surface area contributed by atoms with Crippen molar-refractivity contribution in [3.05, 3.63) is 23.2 Å². The first kappa shape index (κ1) is 26.7. The van der Waals surface area contributed by atoms with Crippen LogP contribution < -0.4 is 9.47 Å². The van der Waals surface area contributed by atoms with E-state index in [1.807, 2.05) is 0 Å². The van der Waals surface area contributed by atoms with E-state index in [1.165, 1.54) is 25.3 Å². The maximum Gasteiger partial charge on any atom is 0.381 e. The molecule has 0 unspecified atom stereocenters. The minimum Gasteiger partial charge on any atom is -0.493 e. The lowest BCUT2D eigenvalue weighted by Gasteiger charge is -2.31. The fourth-order valence-electron chi connectivity index (χ4n) is 1.99. The number of rotatable bonds is 11. The number of carbonyl (C=O) groups excluding carboxylic acids is 2. The van der Waals surface area contributed by atoms with Crippen molar-refractivity contribution in [3.63, 3.8) is 0 Å². The van der Waals surface area contributed by atoms with Crippen molar-refractivity contribution >= 4 is 23.5 Å². The molecule has 0 saturated heterocycles. The van der Waals surface area contributed by atoms with Gasteiger partial charge < -0.3 is 14.2 Å². The molecule has 176 valence electrons. The van der Waals surface area contributed by atoms with Gasteiger partial charge in [0.2, 0.25) is 0 Å². The van der Waals surface area contributed by atoms with Crippen LogP contribution in [-0.2, 0) is 14.3 Å². The highest BCUT2D eigenvalue weighted by Gasteiger charge is 2.75. The molecule has 0 atom stereocenters. The monoisotopic (exact) mass is 486 g/mol. The first-order chi connectivity index (χ1) is 14.2. The predicted octanol–water partition coefficient (Wildman–Crippen LogP) is 5.14. The Labute approximate surface area is 175 Å². The molecule has 1 aromatic rings. The SMILES string of the molecule is COc1cc(Cl)ccc1OC(=O)CCCC(=O)OCC(F)(F)C(F)(F)C(F)(F)C(F)F. The van der Waals surface area contributed by atoms with Gasteiger partial charge in [0, 0.05) is 23.9 Å². The fourth-order valence-corrected chi connectivity index (χ4v) is 2.15. The lowest BCUT2D eigenvalue weighted by molar-refractivity contribution is -0.344. The Morgan fingerprint density at radius 2 is 1.58 bits per heavy atom. The second-order valence-electron chi connectivity index (χ2n) is 5.99. The second kappa shape index (κ2) is 10.3. The van der Waals surface area contributed by atoms with Crippen molar-refractivity contribution in [3.8, 4) is 11.5 Å². The molecule has 0 amide bonds. The maximum atomic E-state index is 13.3. The third-order valence-corrected chi connectivity index (χ3v) is 3.91. The lowest BCUT2D eigenvalue weighted by Crippen LogP contribution is -2.59. The second-order valence-corrected chi connectivity index (χ2v) is 6.42. The zero-order valence-electron chi connectivity index (χ0n) is 15.6. The quantitative estimate of drug-likeness (QED) is 0.246. The molecule has 0 aromatic heterocycles. The van der Waals surface area contributed by atoms with Crippen LogP contribution in [0.25, 0.3) is 0 Å². The third-order valence-electron chi connectivity index (χ3n) is 3.68. The normalized spacial score (nSPS) is 12.6. The summed E-state index contributed by atoms with van der Waals surface area (Å²) >= 11 is 5.73. The van der Waals surface area contributed by atoms with Crippen molar-refractivity contribution in [1.82, 2.24) is 0 Å². The predicted molar refractivity (Wildman–Crippen MR) is 89.3 cm³/mol. The molecule has 0 N–H and O–H groups in total. The molecule has 0 aliphatic carbocycles. The van der Waals surface area contributed by atoms with Gasteiger partial charge in [0.05, 0.1) is 7.11 Å². The standard InChI is InChI=1S/C17H15ClF8O5/c1-29-11-7-9(18)5-6-10(11)31-13(28)4-2-3-12(27)30-8-15(21,22)17(25,26)16(23,24)14(19)20/h5-7,14H,2-4,8H2,1H3. The molecule has 31 heavy (non-hydrogen) atoms. The summed E-state index contributed by atoms with van der Waals surface area (Å²) in [5.41, 5.74) is 0. The van der Waals surface area contributed by atoms with Crippen LogP contribution in [0, 0.1) is 0 Å². The molecule has 1 aromatic carbocycles. The van der Waals surface area contributed by atoms with Crippen molar-refractivity contribution in [2.24, 2.45) is 0 Å². The third kappa shape index (κ3) is 6.58. The largest absolute Gasteiger partial charge is 0.493 e. The van der Waals surface area contributed by atoms with Crippen LogP contribution in [0.3, 0.4) is 0 Å². The summed E-state index contributed by atoms with van der Waals surface area (Å²) in [6.07, 6.45) is -6.62. The van der Waals surface area contributed by atoms with Gasteiger partial charge >= 0.3 is 36.1 Å². The Bertz CT molecular complexity index is 788. The summed E-state index contributed by atoms with van der Waals surface area (Å²) in [5, 5.41) is 0.285. The summed E-state index contributed by atoms with van der Waals surface area (Å²) in [6, 6.07) is 4.04. The number of methoxy groups -OCH3 is 1. The number of alkyl halides is 8. The lowest BCUT2D eigenvalue weighted by atomic mass is 10.1. The van der Waals surface area contributed by atoms with Gasteiger partial charge in [-0.2, -0.15) is 26.3 Å². The molecular weight excluding hydrogens is 472 g/mol. The maximum absolute atomic E-state index is 13.3. The number of esters is 2. The van der Waals surface area contributed by atoms with Crippen LogP contribution in [-0.4, -0.2) is 49.8 Å². The van der Waals surface area contributed by atoms with E-state index in [0.717, 1.165) is 0 Å². The van der Waals surface area contributed by atoms with Gasteiger partial charge in [0.25, 0.3) is 0 Å². The smallest absolute Gasteiger partial charge is 0.381 e. The van der Waals surface area contributed by atoms with Crippen molar-refractivity contribution < 1.29 is 58.9 Å². The van der Waals surface area contributed by atoms with E-state index in [2.05, 4.69) is 4.74 Å². The summed E-state index contributed by atoms with van der Waals surface area (Å²) in [4.78, 5) is 23.1. The van der Waals surface area contributed by atoms with Crippen LogP contribution in [0.5, 0.6) is 11.5 Å². The van der Waals surface area contributed by atoms with E-state index >= 15 is 0 Å². The number of hydrogen-bond donors (Lipinski definition) is 0. The number of ether oxygens (including phenoxy) is 3. The van der Waals surface area contributed by atoms with Crippen LogP contribution >= 0.6 is 11.6 Å². The summed E-state index contributed by atoms with van der Waals surface area (Å²) < 4.78 is 116. The van der Waals surface area contributed by atoms with E-state index in [4.69, 9.17) is 21.1 Å². The molecular formula is C17H15ClF8O5. The van der Waals surface area contributed by atoms with Crippen molar-refractivity contribution in [2.75, 3.05) is 13.7 Å². The van der Waals surface area contributed by atoms with Gasteiger partial charge in [-0.05, 0) is 18.6 Å². The molecule has 1 rings (SSSR count). The van der Waals surface area contributed by atoms with E-state index in [9.17, 15) is 44.7 Å². The summed E-state index contributed by atoms with van der Waals surface area (Å²) in [7, 11) is 1.27. The molecule has 14 heteroatoms. The molecule has 0 aliphatic heterocycles. The Morgan fingerprint density at radius 1 is 1.00 bits per heavy atom. The Balaban J connectivity index is 2.53. The molecule has 0 spiro atoms. The van der Waals surface area contributed by atoms with Gasteiger partial charge in [-0.3, -0.25) is 9.59 Å². The van der Waals surface area contributed by atoms with Crippen LogP contribution in [0.2, 0.25) is 5.02 Å². The van der Waals surface area contributed by atoms with Gasteiger partial charge in [0.1, 0.15) is 0 Å². The topological polar surface area (TPSA) is 61.8 Å². The van der Waals surface area contributed by atoms with Crippen LogP contribution in [0.4, 0.5) is 35.1 Å². The van der Waals surface area contributed by atoms with Gasteiger partial charge in [0.15, 0.2) is 18.1 Å². The Morgan fingerprint density at radius 3 is 2.13 bits per heavy atom. The van der Waals surface area contributed by atoms with Crippen LogP contribution in [0.1, 0.15) is 19.3 Å². The molecule has 0 radical (unpaired) electrons. The first-order valence-electron chi connectivity index (χ1n) is 8.27. The molecule has 0 fully saturated rings. The van der Waals surface area contributed by atoms with Gasteiger partial charge in [-0.15, -0.1) is 0 Å². The number of halogens is 9. The minimum absolute atomic E-state index is 0.0127. The van der Waals surface area contributed by atoms with E-state index < -0.39 is 55.6 Å². The molecule has 0 heterocycles.